The summed E-state index contributed by atoms with van der Waals surface area (Å²) in [4.78, 5) is 3.82. The number of hydrogen-bond acceptors (Lipinski definition) is 2. The van der Waals surface area contributed by atoms with Crippen LogP contribution in [0.5, 0.6) is 5.75 Å². The first-order chi connectivity index (χ1) is 6.63. The largest absolute Gasteiger partial charge is 0.488 e. The highest BCUT2D eigenvalue weighted by Gasteiger charge is 2.03. The van der Waals surface area contributed by atoms with Gasteiger partial charge < -0.3 is 4.74 Å². The summed E-state index contributed by atoms with van der Waals surface area (Å²) in [6, 6.07) is 1.59. The second-order valence-corrected chi connectivity index (χ2v) is 3.62. The summed E-state index contributed by atoms with van der Waals surface area (Å²) < 4.78 is 5.41. The molecule has 0 amide bonds. The van der Waals surface area contributed by atoms with Gasteiger partial charge in [-0.15, -0.1) is 0 Å². The van der Waals surface area contributed by atoms with Crippen molar-refractivity contribution in [2.24, 2.45) is 0 Å². The summed E-state index contributed by atoms with van der Waals surface area (Å²) in [5.41, 5.74) is 1.01. The molecule has 2 nitrogen and oxygen atoms in total. The van der Waals surface area contributed by atoms with Crippen LogP contribution in [0.15, 0.2) is 24.4 Å². The summed E-state index contributed by atoms with van der Waals surface area (Å²) in [5, 5.41) is 0.824. The van der Waals surface area contributed by atoms with Gasteiger partial charge in [-0.25, -0.2) is 4.98 Å². The molecular formula is C10H11Cl2NO. The van der Waals surface area contributed by atoms with Crippen molar-refractivity contribution >= 4 is 23.2 Å². The number of ether oxygens (including phenoxy) is 1. The first-order valence-electron chi connectivity index (χ1n) is 4.24. The molecule has 0 aromatic carbocycles. The van der Waals surface area contributed by atoms with Crippen molar-refractivity contribution in [1.82, 2.24) is 4.98 Å². The first-order valence-corrected chi connectivity index (χ1v) is 4.99. The van der Waals surface area contributed by atoms with Crippen LogP contribution >= 0.6 is 23.2 Å². The minimum atomic E-state index is 0.367. The Morgan fingerprint density at radius 3 is 2.93 bits per heavy atom. The maximum atomic E-state index is 5.85. The Morgan fingerprint density at radius 1 is 1.57 bits per heavy atom. The van der Waals surface area contributed by atoms with Crippen molar-refractivity contribution in [1.29, 1.82) is 0 Å². The molecule has 0 unspecified atom stereocenters. The summed E-state index contributed by atoms with van der Waals surface area (Å²) in [5.74, 6) is 0.543. The van der Waals surface area contributed by atoms with Gasteiger partial charge in [-0.2, -0.15) is 0 Å². The lowest BCUT2D eigenvalue weighted by Crippen LogP contribution is -2.00. The molecule has 0 saturated carbocycles. The molecule has 76 valence electrons. The second-order valence-electron chi connectivity index (χ2n) is 2.83. The van der Waals surface area contributed by atoms with Crippen LogP contribution < -0.4 is 4.74 Å². The lowest BCUT2D eigenvalue weighted by molar-refractivity contribution is 0.349. The van der Waals surface area contributed by atoms with Gasteiger partial charge in [-0.3, -0.25) is 0 Å². The first kappa shape index (κ1) is 11.3. The van der Waals surface area contributed by atoms with E-state index in [0.717, 1.165) is 12.0 Å². The Balaban J connectivity index is 2.66. The predicted molar refractivity (Wildman–Crippen MR) is 59.2 cm³/mol. The van der Waals surface area contributed by atoms with Crippen molar-refractivity contribution in [2.75, 3.05) is 6.61 Å². The minimum Gasteiger partial charge on any atom is -0.488 e. The van der Waals surface area contributed by atoms with Gasteiger partial charge in [-0.1, -0.05) is 36.7 Å². The smallest absolute Gasteiger partial charge is 0.143 e. The maximum absolute atomic E-state index is 5.85. The Hall–Kier alpha value is -0.730. The van der Waals surface area contributed by atoms with Crippen molar-refractivity contribution in [3.05, 3.63) is 34.6 Å². The van der Waals surface area contributed by atoms with Crippen LogP contribution in [0.25, 0.3) is 0 Å². The highest BCUT2D eigenvalue weighted by molar-refractivity contribution is 6.33. The molecular weight excluding hydrogens is 221 g/mol. The molecule has 0 aliphatic carbocycles. The Morgan fingerprint density at radius 2 is 2.29 bits per heavy atom. The zero-order chi connectivity index (χ0) is 10.6. The minimum absolute atomic E-state index is 0.367. The number of nitrogens with zero attached hydrogens (tertiary/aromatic N) is 1. The number of pyridine rings is 1. The average molecular weight is 232 g/mol. The standard InChI is InChI=1S/C10H11Cl2NO/c1-3-7(2)6-14-9-4-10(12)13-5-8(9)11/h4-5H,2-3,6H2,1H3. The van der Waals surface area contributed by atoms with E-state index >= 15 is 0 Å². The fourth-order valence-corrected chi connectivity index (χ4v) is 1.09. The Labute approximate surface area is 93.5 Å². The molecule has 0 bridgehead atoms. The van der Waals surface area contributed by atoms with Crippen molar-refractivity contribution in [2.45, 2.75) is 13.3 Å². The molecule has 0 spiro atoms. The Bertz CT molecular complexity index is 339. The van der Waals surface area contributed by atoms with E-state index in [1.54, 1.807) is 6.07 Å². The molecule has 1 rings (SSSR count). The molecule has 0 aliphatic rings. The molecule has 1 aromatic rings. The molecule has 0 N–H and O–H groups in total. The average Bonchev–Trinajstić information content (AvgIpc) is 2.19. The van der Waals surface area contributed by atoms with E-state index in [9.17, 15) is 0 Å². The molecule has 0 aliphatic heterocycles. The van der Waals surface area contributed by atoms with Gasteiger partial charge in [0, 0.05) is 6.07 Å². The van der Waals surface area contributed by atoms with E-state index in [2.05, 4.69) is 11.6 Å². The van der Waals surface area contributed by atoms with Gasteiger partial charge >= 0.3 is 0 Å². The van der Waals surface area contributed by atoms with E-state index < -0.39 is 0 Å². The molecule has 1 heterocycles. The molecule has 0 atom stereocenters. The van der Waals surface area contributed by atoms with Crippen LogP contribution in [0, 0.1) is 0 Å². The third-order valence-corrected chi connectivity index (χ3v) is 2.21. The summed E-state index contributed by atoms with van der Waals surface area (Å²) in [7, 11) is 0. The molecule has 14 heavy (non-hydrogen) atoms. The van der Waals surface area contributed by atoms with Gasteiger partial charge in [0.2, 0.25) is 0 Å². The van der Waals surface area contributed by atoms with E-state index in [-0.39, 0.29) is 0 Å². The van der Waals surface area contributed by atoms with Gasteiger partial charge in [0.15, 0.2) is 0 Å². The van der Waals surface area contributed by atoms with Crippen LogP contribution in [-0.4, -0.2) is 11.6 Å². The van der Waals surface area contributed by atoms with Crippen molar-refractivity contribution in [3.8, 4) is 5.75 Å². The van der Waals surface area contributed by atoms with E-state index in [1.807, 2.05) is 6.92 Å². The zero-order valence-corrected chi connectivity index (χ0v) is 9.40. The maximum Gasteiger partial charge on any atom is 0.143 e. The lowest BCUT2D eigenvalue weighted by Gasteiger charge is -2.08. The summed E-state index contributed by atoms with van der Waals surface area (Å²) in [6.45, 7) is 6.30. The van der Waals surface area contributed by atoms with Crippen LogP contribution in [0.4, 0.5) is 0 Å². The summed E-state index contributed by atoms with van der Waals surface area (Å²) >= 11 is 11.5. The van der Waals surface area contributed by atoms with Gasteiger partial charge in [-0.05, 0) is 12.0 Å². The molecule has 1 aromatic heterocycles. The lowest BCUT2D eigenvalue weighted by atomic mass is 10.2. The second kappa shape index (κ2) is 5.23. The highest BCUT2D eigenvalue weighted by atomic mass is 35.5. The molecule has 0 saturated heterocycles. The molecule has 0 radical (unpaired) electrons. The van der Waals surface area contributed by atoms with Gasteiger partial charge in [0.1, 0.15) is 22.5 Å². The zero-order valence-electron chi connectivity index (χ0n) is 7.89. The van der Waals surface area contributed by atoms with E-state index in [4.69, 9.17) is 27.9 Å². The van der Waals surface area contributed by atoms with E-state index in [1.165, 1.54) is 6.20 Å². The van der Waals surface area contributed by atoms with Gasteiger partial charge in [0.05, 0.1) is 6.20 Å². The molecule has 4 heteroatoms. The van der Waals surface area contributed by atoms with Crippen LogP contribution in [-0.2, 0) is 0 Å². The van der Waals surface area contributed by atoms with Gasteiger partial charge in [0.25, 0.3) is 0 Å². The quantitative estimate of drug-likeness (QED) is 0.582. The topological polar surface area (TPSA) is 22.1 Å². The number of halogens is 2. The molecule has 0 fully saturated rings. The van der Waals surface area contributed by atoms with Crippen LogP contribution in [0.1, 0.15) is 13.3 Å². The van der Waals surface area contributed by atoms with E-state index in [0.29, 0.717) is 22.5 Å². The monoisotopic (exact) mass is 231 g/mol. The number of hydrogen-bond donors (Lipinski definition) is 0. The Kier molecular flexibility index (Phi) is 4.23. The number of rotatable bonds is 4. The van der Waals surface area contributed by atoms with Crippen LogP contribution in [0.2, 0.25) is 10.2 Å². The fourth-order valence-electron chi connectivity index (χ4n) is 0.789. The van der Waals surface area contributed by atoms with Crippen LogP contribution in [0.3, 0.4) is 0 Å². The normalized spacial score (nSPS) is 9.93. The van der Waals surface area contributed by atoms with Crippen molar-refractivity contribution in [3.63, 3.8) is 0 Å². The highest BCUT2D eigenvalue weighted by Crippen LogP contribution is 2.26. The SMILES string of the molecule is C=C(CC)COc1cc(Cl)ncc1Cl. The summed E-state index contributed by atoms with van der Waals surface area (Å²) in [6.07, 6.45) is 2.35. The predicted octanol–water partition coefficient (Wildman–Crippen LogP) is 3.73. The van der Waals surface area contributed by atoms with Crippen molar-refractivity contribution < 1.29 is 4.74 Å². The number of aromatic nitrogens is 1. The fraction of sp³-hybridized carbons (Fsp3) is 0.300. The third-order valence-electron chi connectivity index (χ3n) is 1.72. The third kappa shape index (κ3) is 3.20.